The second-order valence-corrected chi connectivity index (χ2v) is 7.09. The summed E-state index contributed by atoms with van der Waals surface area (Å²) >= 11 is 5.96. The topological polar surface area (TPSA) is 50.7 Å². The minimum atomic E-state index is -0.565. The number of para-hydroxylation sites is 1. The van der Waals surface area contributed by atoms with Crippen LogP contribution in [0.25, 0.3) is 0 Å². The van der Waals surface area contributed by atoms with Crippen molar-refractivity contribution in [1.82, 2.24) is 5.32 Å². The van der Waals surface area contributed by atoms with Crippen LogP contribution in [-0.4, -0.2) is 18.3 Å². The SMILES string of the molecule is CCOc1cccc(CNC[C@H](O)c2ccccc2)c1OCc1ccc(Cl)cc1. The van der Waals surface area contributed by atoms with Gasteiger partial charge in [-0.25, -0.2) is 0 Å². The van der Waals surface area contributed by atoms with E-state index in [1.54, 1.807) is 0 Å². The van der Waals surface area contributed by atoms with Crippen molar-refractivity contribution < 1.29 is 14.6 Å². The Morgan fingerprint density at radius 1 is 0.931 bits per heavy atom. The molecular formula is C24H26ClNO3. The van der Waals surface area contributed by atoms with Crippen LogP contribution in [0, 0.1) is 0 Å². The fraction of sp³-hybridized carbons (Fsp3) is 0.250. The summed E-state index contributed by atoms with van der Waals surface area (Å²) in [6.07, 6.45) is -0.565. The molecule has 0 fully saturated rings. The molecule has 0 amide bonds. The molecule has 0 saturated heterocycles. The Hall–Kier alpha value is -2.53. The first-order chi connectivity index (χ1) is 14.2. The number of aliphatic hydroxyl groups excluding tert-OH is 1. The summed E-state index contributed by atoms with van der Waals surface area (Å²) in [6.45, 7) is 3.92. The maximum absolute atomic E-state index is 10.4. The van der Waals surface area contributed by atoms with Crippen molar-refractivity contribution in [2.24, 2.45) is 0 Å². The molecule has 3 aromatic rings. The minimum Gasteiger partial charge on any atom is -0.490 e. The fourth-order valence-electron chi connectivity index (χ4n) is 3.01. The molecule has 3 rings (SSSR count). The van der Waals surface area contributed by atoms with E-state index < -0.39 is 6.10 Å². The molecule has 1 atom stereocenters. The number of nitrogens with one attached hydrogen (secondary N) is 1. The van der Waals surface area contributed by atoms with E-state index in [4.69, 9.17) is 21.1 Å². The normalized spacial score (nSPS) is 11.8. The highest BCUT2D eigenvalue weighted by Gasteiger charge is 2.13. The summed E-state index contributed by atoms with van der Waals surface area (Å²) in [4.78, 5) is 0. The molecule has 0 aliphatic rings. The van der Waals surface area contributed by atoms with Crippen LogP contribution >= 0.6 is 11.6 Å². The Morgan fingerprint density at radius 3 is 2.41 bits per heavy atom. The third-order valence-corrected chi connectivity index (χ3v) is 4.75. The fourth-order valence-corrected chi connectivity index (χ4v) is 3.13. The molecule has 0 saturated carbocycles. The quantitative estimate of drug-likeness (QED) is 0.485. The first-order valence-corrected chi connectivity index (χ1v) is 10.1. The lowest BCUT2D eigenvalue weighted by molar-refractivity contribution is 0.174. The highest BCUT2D eigenvalue weighted by molar-refractivity contribution is 6.30. The van der Waals surface area contributed by atoms with Crippen molar-refractivity contribution in [3.05, 3.63) is 94.5 Å². The van der Waals surface area contributed by atoms with Gasteiger partial charge in [-0.05, 0) is 36.2 Å². The molecule has 5 heteroatoms. The number of hydrogen-bond donors (Lipinski definition) is 2. The van der Waals surface area contributed by atoms with Crippen molar-refractivity contribution in [2.45, 2.75) is 26.2 Å². The van der Waals surface area contributed by atoms with E-state index in [1.165, 1.54) is 0 Å². The molecule has 0 aliphatic heterocycles. The maximum Gasteiger partial charge on any atom is 0.166 e. The molecule has 29 heavy (non-hydrogen) atoms. The minimum absolute atomic E-state index is 0.418. The number of halogens is 1. The third-order valence-electron chi connectivity index (χ3n) is 4.49. The number of aliphatic hydroxyl groups is 1. The summed E-state index contributed by atoms with van der Waals surface area (Å²) in [6, 6.07) is 23.1. The van der Waals surface area contributed by atoms with Crippen LogP contribution in [-0.2, 0) is 13.2 Å². The smallest absolute Gasteiger partial charge is 0.166 e. The van der Waals surface area contributed by atoms with Crippen molar-refractivity contribution in [3.8, 4) is 11.5 Å². The molecule has 0 aliphatic carbocycles. The highest BCUT2D eigenvalue weighted by atomic mass is 35.5. The van der Waals surface area contributed by atoms with Gasteiger partial charge in [-0.2, -0.15) is 0 Å². The van der Waals surface area contributed by atoms with E-state index in [0.717, 1.165) is 16.7 Å². The van der Waals surface area contributed by atoms with Crippen LogP contribution in [0.15, 0.2) is 72.8 Å². The zero-order valence-corrected chi connectivity index (χ0v) is 17.2. The number of rotatable bonds is 10. The summed E-state index contributed by atoms with van der Waals surface area (Å²) in [7, 11) is 0. The Kier molecular flexibility index (Phi) is 7.94. The van der Waals surface area contributed by atoms with Gasteiger partial charge in [0.25, 0.3) is 0 Å². The van der Waals surface area contributed by atoms with Gasteiger partial charge in [-0.1, -0.05) is 66.2 Å². The molecule has 0 heterocycles. The lowest BCUT2D eigenvalue weighted by Gasteiger charge is -2.17. The molecular weight excluding hydrogens is 386 g/mol. The van der Waals surface area contributed by atoms with Crippen molar-refractivity contribution in [2.75, 3.05) is 13.2 Å². The van der Waals surface area contributed by atoms with Crippen molar-refractivity contribution >= 4 is 11.6 Å². The molecule has 0 spiro atoms. The van der Waals surface area contributed by atoms with Crippen LogP contribution in [0.5, 0.6) is 11.5 Å². The van der Waals surface area contributed by atoms with Gasteiger partial charge in [-0.15, -0.1) is 0 Å². The number of benzene rings is 3. The van der Waals surface area contributed by atoms with Crippen molar-refractivity contribution in [1.29, 1.82) is 0 Å². The molecule has 0 bridgehead atoms. The van der Waals surface area contributed by atoms with Crippen LogP contribution in [0.1, 0.15) is 29.7 Å². The van der Waals surface area contributed by atoms with Crippen molar-refractivity contribution in [3.63, 3.8) is 0 Å². The summed E-state index contributed by atoms with van der Waals surface area (Å²) in [5, 5.41) is 14.4. The predicted molar refractivity (Wildman–Crippen MR) is 117 cm³/mol. The van der Waals surface area contributed by atoms with E-state index in [9.17, 15) is 5.11 Å². The average Bonchev–Trinajstić information content (AvgIpc) is 2.75. The van der Waals surface area contributed by atoms with E-state index in [-0.39, 0.29) is 0 Å². The standard InChI is InChI=1S/C24H26ClNO3/c1-2-28-23-10-6-9-20(15-26-16-22(27)19-7-4-3-5-8-19)24(23)29-17-18-11-13-21(25)14-12-18/h3-14,22,26-27H,2,15-17H2,1H3/t22-/m0/s1. The zero-order valence-electron chi connectivity index (χ0n) is 16.5. The molecule has 2 N–H and O–H groups in total. The first-order valence-electron chi connectivity index (χ1n) is 9.73. The molecule has 0 radical (unpaired) electrons. The molecule has 4 nitrogen and oxygen atoms in total. The van der Waals surface area contributed by atoms with Gasteiger partial charge in [0, 0.05) is 23.7 Å². The summed E-state index contributed by atoms with van der Waals surface area (Å²) in [5.74, 6) is 1.43. The third kappa shape index (κ3) is 6.23. The highest BCUT2D eigenvalue weighted by Crippen LogP contribution is 2.32. The van der Waals surface area contributed by atoms with Gasteiger partial charge in [-0.3, -0.25) is 0 Å². The van der Waals surface area contributed by atoms with Gasteiger partial charge in [0.1, 0.15) is 6.61 Å². The largest absolute Gasteiger partial charge is 0.490 e. The van der Waals surface area contributed by atoms with Gasteiger partial charge >= 0.3 is 0 Å². The second-order valence-electron chi connectivity index (χ2n) is 6.65. The second kappa shape index (κ2) is 10.9. The predicted octanol–water partition coefficient (Wildman–Crippen LogP) is 5.14. The molecule has 3 aromatic carbocycles. The van der Waals surface area contributed by atoms with Gasteiger partial charge < -0.3 is 19.9 Å². The zero-order chi connectivity index (χ0) is 20.5. The van der Waals surface area contributed by atoms with E-state index >= 15 is 0 Å². The molecule has 152 valence electrons. The van der Waals surface area contributed by atoms with Gasteiger partial charge in [0.15, 0.2) is 11.5 Å². The first kappa shape index (κ1) is 21.2. The van der Waals surface area contributed by atoms with Crippen LogP contribution in [0.3, 0.4) is 0 Å². The lowest BCUT2D eigenvalue weighted by atomic mass is 10.1. The van der Waals surface area contributed by atoms with Gasteiger partial charge in [0.2, 0.25) is 0 Å². The Bertz CT molecular complexity index is 884. The van der Waals surface area contributed by atoms with E-state index in [0.29, 0.717) is 42.8 Å². The van der Waals surface area contributed by atoms with Crippen LogP contribution in [0.2, 0.25) is 5.02 Å². The van der Waals surface area contributed by atoms with E-state index in [2.05, 4.69) is 5.32 Å². The summed E-state index contributed by atoms with van der Waals surface area (Å²) < 4.78 is 11.9. The average molecular weight is 412 g/mol. The van der Waals surface area contributed by atoms with Gasteiger partial charge in [0.05, 0.1) is 12.7 Å². The van der Waals surface area contributed by atoms with E-state index in [1.807, 2.05) is 79.7 Å². The Labute approximate surface area is 177 Å². The van der Waals surface area contributed by atoms with Crippen LogP contribution in [0.4, 0.5) is 0 Å². The van der Waals surface area contributed by atoms with Crippen LogP contribution < -0.4 is 14.8 Å². The lowest BCUT2D eigenvalue weighted by Crippen LogP contribution is -2.21. The molecule has 0 unspecified atom stereocenters. The monoisotopic (exact) mass is 411 g/mol. The Balaban J connectivity index is 1.66. The Morgan fingerprint density at radius 2 is 1.69 bits per heavy atom. The number of ether oxygens (including phenoxy) is 2. The maximum atomic E-state index is 10.4. The summed E-state index contributed by atoms with van der Waals surface area (Å²) in [5.41, 5.74) is 2.89. The number of hydrogen-bond acceptors (Lipinski definition) is 4. The molecule has 0 aromatic heterocycles.